The predicted molar refractivity (Wildman–Crippen MR) is 67.0 cm³/mol. The van der Waals surface area contributed by atoms with Gasteiger partial charge in [-0.3, -0.25) is 0 Å². The van der Waals surface area contributed by atoms with Crippen LogP contribution in [-0.2, 0) is 6.42 Å². The molecule has 0 aromatic carbocycles. The predicted octanol–water partition coefficient (Wildman–Crippen LogP) is 2.78. The van der Waals surface area contributed by atoms with Crippen LogP contribution in [0.15, 0.2) is 6.07 Å². The summed E-state index contributed by atoms with van der Waals surface area (Å²) in [5, 5.41) is 3.53. The van der Waals surface area contributed by atoms with Crippen LogP contribution in [0.25, 0.3) is 0 Å². The van der Waals surface area contributed by atoms with Gasteiger partial charge in [0, 0.05) is 18.3 Å². The van der Waals surface area contributed by atoms with Crippen molar-refractivity contribution in [2.24, 2.45) is 5.92 Å². The maximum atomic E-state index is 6.24. The number of alkyl halides is 1. The Kier molecular flexibility index (Phi) is 3.64. The highest BCUT2D eigenvalue weighted by atomic mass is 35.5. The third-order valence-corrected chi connectivity index (χ3v) is 3.38. The molecule has 1 unspecified atom stereocenters. The number of hydrogen-bond donors (Lipinski definition) is 1. The largest absolute Gasteiger partial charge is 0.368 e. The highest BCUT2D eigenvalue weighted by Gasteiger charge is 2.29. The van der Waals surface area contributed by atoms with Gasteiger partial charge in [0.05, 0.1) is 5.38 Å². The molecule has 0 amide bonds. The molecule has 1 atom stereocenters. The molecule has 1 aliphatic carbocycles. The van der Waals surface area contributed by atoms with Crippen molar-refractivity contribution in [3.8, 4) is 0 Å². The average molecular weight is 240 g/mol. The van der Waals surface area contributed by atoms with Crippen molar-refractivity contribution >= 4 is 17.4 Å². The quantitative estimate of drug-likeness (QED) is 0.803. The summed E-state index contributed by atoms with van der Waals surface area (Å²) in [5.41, 5.74) is 1.08. The van der Waals surface area contributed by atoms with E-state index in [2.05, 4.69) is 22.2 Å². The number of hydrogen-bond acceptors (Lipinski definition) is 3. The van der Waals surface area contributed by atoms with Crippen molar-refractivity contribution in [3.63, 3.8) is 0 Å². The van der Waals surface area contributed by atoms with Crippen molar-refractivity contribution < 1.29 is 0 Å². The number of rotatable bonds is 5. The van der Waals surface area contributed by atoms with Crippen molar-refractivity contribution in [1.82, 2.24) is 9.97 Å². The minimum absolute atomic E-state index is 0.236. The Morgan fingerprint density at radius 3 is 2.88 bits per heavy atom. The first-order chi connectivity index (χ1) is 7.69. The Morgan fingerprint density at radius 1 is 1.50 bits per heavy atom. The Hall–Kier alpha value is -0.830. The molecule has 4 heteroatoms. The summed E-state index contributed by atoms with van der Waals surface area (Å²) in [6.07, 6.45) is 3.49. The summed E-state index contributed by atoms with van der Waals surface area (Å²) in [4.78, 5) is 8.70. The molecule has 3 nitrogen and oxygen atoms in total. The lowest BCUT2D eigenvalue weighted by molar-refractivity contribution is 0.767. The zero-order chi connectivity index (χ0) is 11.5. The Morgan fingerprint density at radius 2 is 2.25 bits per heavy atom. The van der Waals surface area contributed by atoms with Gasteiger partial charge in [-0.1, -0.05) is 6.92 Å². The van der Waals surface area contributed by atoms with Crippen LogP contribution in [0.1, 0.15) is 31.3 Å². The number of aryl methyl sites for hydroxylation is 2. The van der Waals surface area contributed by atoms with E-state index in [4.69, 9.17) is 11.6 Å². The van der Waals surface area contributed by atoms with E-state index in [1.807, 2.05) is 13.0 Å². The molecule has 1 aromatic heterocycles. The van der Waals surface area contributed by atoms with Gasteiger partial charge in [0.2, 0.25) is 0 Å². The van der Waals surface area contributed by atoms with E-state index >= 15 is 0 Å². The summed E-state index contributed by atoms with van der Waals surface area (Å²) in [7, 11) is 0. The maximum absolute atomic E-state index is 6.24. The lowest BCUT2D eigenvalue weighted by Gasteiger charge is -2.11. The van der Waals surface area contributed by atoms with Crippen LogP contribution in [0.2, 0.25) is 0 Å². The molecule has 0 radical (unpaired) electrons. The SMILES string of the molecule is CCc1cc(NCC(Cl)C2CC2)nc(C)n1. The standard InChI is InChI=1S/C12H18ClN3/c1-3-10-6-12(16-8(2)15-10)14-7-11(13)9-4-5-9/h6,9,11H,3-5,7H2,1-2H3,(H,14,15,16). The Balaban J connectivity index is 1.94. The fourth-order valence-electron chi connectivity index (χ4n) is 1.73. The van der Waals surface area contributed by atoms with E-state index in [1.54, 1.807) is 0 Å². The summed E-state index contributed by atoms with van der Waals surface area (Å²) in [6.45, 7) is 4.81. The summed E-state index contributed by atoms with van der Waals surface area (Å²) < 4.78 is 0. The third kappa shape index (κ3) is 3.08. The molecular formula is C12H18ClN3. The minimum atomic E-state index is 0.236. The van der Waals surface area contributed by atoms with Crippen molar-refractivity contribution in [1.29, 1.82) is 0 Å². The first kappa shape index (κ1) is 11.6. The van der Waals surface area contributed by atoms with Crippen LogP contribution in [0, 0.1) is 12.8 Å². The van der Waals surface area contributed by atoms with Crippen molar-refractivity contribution in [3.05, 3.63) is 17.6 Å². The fraction of sp³-hybridized carbons (Fsp3) is 0.667. The molecule has 0 spiro atoms. The summed E-state index contributed by atoms with van der Waals surface area (Å²) >= 11 is 6.24. The molecule has 1 fully saturated rings. The second-order valence-electron chi connectivity index (χ2n) is 4.38. The number of halogens is 1. The smallest absolute Gasteiger partial charge is 0.129 e. The summed E-state index contributed by atoms with van der Waals surface area (Å²) in [5.74, 6) is 2.43. The molecule has 1 aromatic rings. The van der Waals surface area contributed by atoms with Gasteiger partial charge in [-0.15, -0.1) is 11.6 Å². The van der Waals surface area contributed by atoms with Crippen LogP contribution in [0.4, 0.5) is 5.82 Å². The molecule has 0 saturated heterocycles. The highest BCUT2D eigenvalue weighted by molar-refractivity contribution is 6.21. The van der Waals surface area contributed by atoms with Gasteiger partial charge in [0.15, 0.2) is 0 Å². The molecule has 16 heavy (non-hydrogen) atoms. The normalized spacial score (nSPS) is 17.2. The molecule has 88 valence electrons. The molecule has 1 N–H and O–H groups in total. The zero-order valence-electron chi connectivity index (χ0n) is 9.83. The van der Waals surface area contributed by atoms with E-state index < -0.39 is 0 Å². The topological polar surface area (TPSA) is 37.8 Å². The van der Waals surface area contributed by atoms with Crippen molar-refractivity contribution in [2.75, 3.05) is 11.9 Å². The highest BCUT2D eigenvalue weighted by Crippen LogP contribution is 2.35. The van der Waals surface area contributed by atoms with E-state index in [9.17, 15) is 0 Å². The van der Waals surface area contributed by atoms with Gasteiger partial charge < -0.3 is 5.32 Å². The van der Waals surface area contributed by atoms with Crippen LogP contribution >= 0.6 is 11.6 Å². The number of nitrogens with zero attached hydrogens (tertiary/aromatic N) is 2. The molecule has 2 rings (SSSR count). The number of aromatic nitrogens is 2. The van der Waals surface area contributed by atoms with E-state index in [1.165, 1.54) is 12.8 Å². The van der Waals surface area contributed by atoms with Gasteiger partial charge in [0.25, 0.3) is 0 Å². The van der Waals surface area contributed by atoms with Gasteiger partial charge >= 0.3 is 0 Å². The lowest BCUT2D eigenvalue weighted by Crippen LogP contribution is -2.17. The molecular weight excluding hydrogens is 222 g/mol. The zero-order valence-corrected chi connectivity index (χ0v) is 10.6. The van der Waals surface area contributed by atoms with Gasteiger partial charge in [-0.25, -0.2) is 9.97 Å². The van der Waals surface area contributed by atoms with Crippen LogP contribution in [-0.4, -0.2) is 21.9 Å². The average Bonchev–Trinajstić information content (AvgIpc) is 3.08. The third-order valence-electron chi connectivity index (χ3n) is 2.86. The van der Waals surface area contributed by atoms with Crippen molar-refractivity contribution in [2.45, 2.75) is 38.5 Å². The number of anilines is 1. The van der Waals surface area contributed by atoms with Crippen LogP contribution in [0.5, 0.6) is 0 Å². The Bertz CT molecular complexity index is 363. The van der Waals surface area contributed by atoms with Crippen LogP contribution in [0.3, 0.4) is 0 Å². The van der Waals surface area contributed by atoms with Gasteiger partial charge in [-0.2, -0.15) is 0 Å². The molecule has 0 bridgehead atoms. The molecule has 0 aliphatic heterocycles. The Labute approximate surface area is 102 Å². The molecule has 1 saturated carbocycles. The molecule has 1 aliphatic rings. The lowest BCUT2D eigenvalue weighted by atomic mass is 10.2. The number of nitrogens with one attached hydrogen (secondary N) is 1. The van der Waals surface area contributed by atoms with Crippen LogP contribution < -0.4 is 5.32 Å². The van der Waals surface area contributed by atoms with Gasteiger partial charge in [-0.05, 0) is 32.1 Å². The summed E-state index contributed by atoms with van der Waals surface area (Å²) in [6, 6.07) is 2.00. The second-order valence-corrected chi connectivity index (χ2v) is 4.94. The van der Waals surface area contributed by atoms with Gasteiger partial charge in [0.1, 0.15) is 11.6 Å². The maximum Gasteiger partial charge on any atom is 0.129 e. The minimum Gasteiger partial charge on any atom is -0.368 e. The second kappa shape index (κ2) is 5.00. The monoisotopic (exact) mass is 239 g/mol. The first-order valence-corrected chi connectivity index (χ1v) is 6.35. The van der Waals surface area contributed by atoms with E-state index in [-0.39, 0.29) is 5.38 Å². The van der Waals surface area contributed by atoms with E-state index in [0.29, 0.717) is 5.92 Å². The first-order valence-electron chi connectivity index (χ1n) is 5.91. The molecule has 1 heterocycles. The van der Waals surface area contributed by atoms with E-state index in [0.717, 1.165) is 30.3 Å². The fourth-order valence-corrected chi connectivity index (χ4v) is 2.06.